The highest BCUT2D eigenvalue weighted by Gasteiger charge is 2.26. The van der Waals surface area contributed by atoms with Crippen molar-refractivity contribution >= 4 is 0 Å². The number of rotatable bonds is 3. The van der Waals surface area contributed by atoms with E-state index in [0.717, 1.165) is 6.42 Å². The van der Waals surface area contributed by atoms with Crippen LogP contribution in [0.2, 0.25) is 0 Å². The zero-order valence-electron chi connectivity index (χ0n) is 9.09. The molecule has 13 heavy (non-hydrogen) atoms. The molecule has 2 nitrogen and oxygen atoms in total. The molecular formula is C11H23NO. The van der Waals surface area contributed by atoms with Gasteiger partial charge in [0.15, 0.2) is 0 Å². The van der Waals surface area contributed by atoms with Crippen LogP contribution in [0.4, 0.5) is 0 Å². The Kier molecular flexibility index (Phi) is 4.20. The lowest BCUT2D eigenvalue weighted by Crippen LogP contribution is -2.47. The van der Waals surface area contributed by atoms with Crippen molar-refractivity contribution in [1.29, 1.82) is 0 Å². The number of hydrogen-bond donors (Lipinski definition) is 2. The lowest BCUT2D eigenvalue weighted by atomic mass is 9.87. The summed E-state index contributed by atoms with van der Waals surface area (Å²) in [7, 11) is 0. The van der Waals surface area contributed by atoms with Crippen molar-refractivity contribution in [1.82, 2.24) is 5.32 Å². The van der Waals surface area contributed by atoms with Crippen molar-refractivity contribution in [2.45, 2.75) is 64.6 Å². The van der Waals surface area contributed by atoms with E-state index >= 15 is 0 Å². The molecule has 0 bridgehead atoms. The fourth-order valence-corrected chi connectivity index (χ4v) is 2.23. The summed E-state index contributed by atoms with van der Waals surface area (Å²) in [6.07, 6.45) is 4.55. The number of nitrogens with one attached hydrogen (secondary N) is 1. The van der Waals surface area contributed by atoms with Gasteiger partial charge in [0.25, 0.3) is 0 Å². The molecule has 0 aliphatic carbocycles. The van der Waals surface area contributed by atoms with Gasteiger partial charge in [0.2, 0.25) is 0 Å². The molecule has 0 amide bonds. The van der Waals surface area contributed by atoms with Gasteiger partial charge in [-0.3, -0.25) is 0 Å². The van der Waals surface area contributed by atoms with Crippen LogP contribution in [0.15, 0.2) is 0 Å². The van der Waals surface area contributed by atoms with Crippen molar-refractivity contribution < 1.29 is 5.11 Å². The van der Waals surface area contributed by atoms with Crippen LogP contribution in [-0.4, -0.2) is 23.3 Å². The van der Waals surface area contributed by atoms with E-state index in [2.05, 4.69) is 19.2 Å². The van der Waals surface area contributed by atoms with E-state index in [1.807, 2.05) is 6.92 Å². The van der Waals surface area contributed by atoms with Crippen LogP contribution in [0.25, 0.3) is 0 Å². The van der Waals surface area contributed by atoms with Crippen LogP contribution < -0.4 is 5.32 Å². The third-order valence-corrected chi connectivity index (χ3v) is 3.31. The van der Waals surface area contributed by atoms with Gasteiger partial charge in [-0.1, -0.05) is 20.3 Å². The summed E-state index contributed by atoms with van der Waals surface area (Å²) in [5, 5.41) is 13.3. The van der Waals surface area contributed by atoms with Crippen molar-refractivity contribution in [3.8, 4) is 0 Å². The van der Waals surface area contributed by atoms with Gasteiger partial charge in [0, 0.05) is 12.1 Å². The Morgan fingerprint density at radius 3 is 2.69 bits per heavy atom. The van der Waals surface area contributed by atoms with Crippen LogP contribution in [0.3, 0.4) is 0 Å². The van der Waals surface area contributed by atoms with Crippen LogP contribution in [-0.2, 0) is 0 Å². The lowest BCUT2D eigenvalue weighted by molar-refractivity contribution is 0.0781. The summed E-state index contributed by atoms with van der Waals surface area (Å²) < 4.78 is 0. The molecule has 0 aromatic carbocycles. The molecule has 78 valence electrons. The Balaban J connectivity index is 2.41. The van der Waals surface area contributed by atoms with Crippen LogP contribution in [0.1, 0.15) is 46.5 Å². The van der Waals surface area contributed by atoms with Crippen molar-refractivity contribution in [3.63, 3.8) is 0 Å². The second-order valence-corrected chi connectivity index (χ2v) is 4.44. The highest BCUT2D eigenvalue weighted by Crippen LogP contribution is 2.21. The SMILES string of the molecule is CCC(O)C(C)C1CCCC(C)N1. The molecule has 2 N–H and O–H groups in total. The average Bonchev–Trinajstić information content (AvgIpc) is 2.15. The number of aliphatic hydroxyl groups excluding tert-OH is 1. The standard InChI is InChI=1S/C11H23NO/c1-4-11(13)9(3)10-7-5-6-8(2)12-10/h8-13H,4-7H2,1-3H3. The molecule has 1 rings (SSSR count). The van der Waals surface area contributed by atoms with E-state index in [1.165, 1.54) is 19.3 Å². The molecule has 0 aromatic heterocycles. The van der Waals surface area contributed by atoms with Gasteiger partial charge in [-0.25, -0.2) is 0 Å². The molecule has 1 fully saturated rings. The van der Waals surface area contributed by atoms with E-state index in [-0.39, 0.29) is 6.10 Å². The van der Waals surface area contributed by atoms with Crippen LogP contribution >= 0.6 is 0 Å². The van der Waals surface area contributed by atoms with Gasteiger partial charge >= 0.3 is 0 Å². The molecule has 4 unspecified atom stereocenters. The number of piperidine rings is 1. The zero-order chi connectivity index (χ0) is 9.84. The first-order valence-electron chi connectivity index (χ1n) is 5.59. The van der Waals surface area contributed by atoms with E-state index in [4.69, 9.17) is 0 Å². The topological polar surface area (TPSA) is 32.3 Å². The van der Waals surface area contributed by atoms with E-state index in [0.29, 0.717) is 18.0 Å². The molecule has 0 radical (unpaired) electrons. The van der Waals surface area contributed by atoms with Gasteiger partial charge in [0.1, 0.15) is 0 Å². The fourth-order valence-electron chi connectivity index (χ4n) is 2.23. The van der Waals surface area contributed by atoms with Gasteiger partial charge < -0.3 is 10.4 Å². The minimum Gasteiger partial charge on any atom is -0.393 e. The predicted octanol–water partition coefficient (Wildman–Crippen LogP) is 1.92. The van der Waals surface area contributed by atoms with Crippen LogP contribution in [0.5, 0.6) is 0 Å². The number of hydrogen-bond acceptors (Lipinski definition) is 2. The minimum atomic E-state index is -0.136. The second kappa shape index (κ2) is 4.97. The molecule has 0 aromatic rings. The summed E-state index contributed by atoms with van der Waals surface area (Å²) in [5.74, 6) is 0.396. The van der Waals surface area contributed by atoms with Crippen molar-refractivity contribution in [2.75, 3.05) is 0 Å². The molecule has 2 heteroatoms. The minimum absolute atomic E-state index is 0.136. The fraction of sp³-hybridized carbons (Fsp3) is 1.00. The van der Waals surface area contributed by atoms with Gasteiger partial charge in [-0.15, -0.1) is 0 Å². The molecular weight excluding hydrogens is 162 g/mol. The van der Waals surface area contributed by atoms with Gasteiger partial charge in [-0.2, -0.15) is 0 Å². The Hall–Kier alpha value is -0.0800. The molecule has 4 atom stereocenters. The first kappa shape index (κ1) is 11.0. The zero-order valence-corrected chi connectivity index (χ0v) is 9.09. The normalized spacial score (nSPS) is 34.2. The maximum Gasteiger partial charge on any atom is 0.0578 e. The summed E-state index contributed by atoms with van der Waals surface area (Å²) in [6.45, 7) is 6.44. The Morgan fingerprint density at radius 2 is 2.15 bits per heavy atom. The quantitative estimate of drug-likeness (QED) is 0.704. The van der Waals surface area contributed by atoms with Crippen LogP contribution in [0, 0.1) is 5.92 Å². The maximum absolute atomic E-state index is 9.72. The Labute approximate surface area is 81.7 Å². The van der Waals surface area contributed by atoms with E-state index in [9.17, 15) is 5.11 Å². The third-order valence-electron chi connectivity index (χ3n) is 3.31. The Morgan fingerprint density at radius 1 is 1.46 bits per heavy atom. The highest BCUT2D eigenvalue weighted by atomic mass is 16.3. The van der Waals surface area contributed by atoms with Gasteiger partial charge in [-0.05, 0) is 32.1 Å². The van der Waals surface area contributed by atoms with Crippen molar-refractivity contribution in [3.05, 3.63) is 0 Å². The highest BCUT2D eigenvalue weighted by molar-refractivity contribution is 4.84. The third kappa shape index (κ3) is 2.96. The monoisotopic (exact) mass is 185 g/mol. The van der Waals surface area contributed by atoms with Gasteiger partial charge in [0.05, 0.1) is 6.10 Å². The first-order chi connectivity index (χ1) is 6.15. The molecule has 1 saturated heterocycles. The molecule has 0 spiro atoms. The molecule has 1 aliphatic rings. The lowest BCUT2D eigenvalue weighted by Gasteiger charge is -2.35. The van der Waals surface area contributed by atoms with E-state index < -0.39 is 0 Å². The molecule has 0 saturated carbocycles. The predicted molar refractivity (Wildman–Crippen MR) is 55.7 cm³/mol. The smallest absolute Gasteiger partial charge is 0.0578 e. The summed E-state index contributed by atoms with van der Waals surface area (Å²) in [5.41, 5.74) is 0. The first-order valence-corrected chi connectivity index (χ1v) is 5.59. The maximum atomic E-state index is 9.72. The second-order valence-electron chi connectivity index (χ2n) is 4.44. The molecule has 1 heterocycles. The largest absolute Gasteiger partial charge is 0.393 e. The van der Waals surface area contributed by atoms with E-state index in [1.54, 1.807) is 0 Å². The molecule has 1 aliphatic heterocycles. The Bertz CT molecular complexity index is 149. The average molecular weight is 185 g/mol. The summed E-state index contributed by atoms with van der Waals surface area (Å²) >= 11 is 0. The summed E-state index contributed by atoms with van der Waals surface area (Å²) in [6, 6.07) is 1.16. The van der Waals surface area contributed by atoms with Crippen molar-refractivity contribution in [2.24, 2.45) is 5.92 Å². The number of aliphatic hydroxyl groups is 1. The summed E-state index contributed by atoms with van der Waals surface area (Å²) in [4.78, 5) is 0.